The van der Waals surface area contributed by atoms with Gasteiger partial charge in [-0.15, -0.1) is 0 Å². The summed E-state index contributed by atoms with van der Waals surface area (Å²) < 4.78 is 28.5. The zero-order valence-electron chi connectivity index (χ0n) is 14.5. The number of piperidine rings is 1. The Balaban J connectivity index is 1.61. The third kappa shape index (κ3) is 3.94. The SMILES string of the molecule is NCC1CCCC1NS(=O)(=O)C1CCCN(C(=O)C2CCCC2)C1. The highest BCUT2D eigenvalue weighted by atomic mass is 32.2. The van der Waals surface area contributed by atoms with E-state index in [1.54, 1.807) is 4.90 Å². The Labute approximate surface area is 145 Å². The van der Waals surface area contributed by atoms with Gasteiger partial charge in [0.25, 0.3) is 0 Å². The maximum absolute atomic E-state index is 12.8. The Morgan fingerprint density at radius 2 is 1.79 bits per heavy atom. The van der Waals surface area contributed by atoms with Gasteiger partial charge in [-0.25, -0.2) is 13.1 Å². The Morgan fingerprint density at radius 3 is 2.50 bits per heavy atom. The van der Waals surface area contributed by atoms with Crippen LogP contribution in [0.1, 0.15) is 57.8 Å². The highest BCUT2D eigenvalue weighted by Gasteiger charge is 2.38. The highest BCUT2D eigenvalue weighted by Crippen LogP contribution is 2.29. The van der Waals surface area contributed by atoms with E-state index in [-0.39, 0.29) is 23.8 Å². The molecule has 3 atom stereocenters. The third-order valence-electron chi connectivity index (χ3n) is 6.11. The number of carbonyl (C=O) groups excluding carboxylic acids is 1. The Morgan fingerprint density at radius 1 is 1.04 bits per heavy atom. The first-order valence-electron chi connectivity index (χ1n) is 9.51. The van der Waals surface area contributed by atoms with Gasteiger partial charge in [-0.05, 0) is 51.0 Å². The number of amides is 1. The van der Waals surface area contributed by atoms with Crippen LogP contribution in [0, 0.1) is 11.8 Å². The van der Waals surface area contributed by atoms with E-state index in [1.165, 1.54) is 0 Å². The lowest BCUT2D eigenvalue weighted by atomic mass is 10.0. The van der Waals surface area contributed by atoms with Gasteiger partial charge in [-0.1, -0.05) is 19.3 Å². The predicted octanol–water partition coefficient (Wildman–Crippen LogP) is 1.21. The fraction of sp³-hybridized carbons (Fsp3) is 0.941. The fourth-order valence-electron chi connectivity index (χ4n) is 4.60. The molecule has 138 valence electrons. The van der Waals surface area contributed by atoms with Crippen molar-refractivity contribution in [2.75, 3.05) is 19.6 Å². The summed E-state index contributed by atoms with van der Waals surface area (Å²) in [6.07, 6.45) is 8.49. The van der Waals surface area contributed by atoms with Crippen LogP contribution in [0.3, 0.4) is 0 Å². The Bertz CT molecular complexity index is 545. The lowest BCUT2D eigenvalue weighted by molar-refractivity contribution is -0.136. The second kappa shape index (κ2) is 7.70. The minimum Gasteiger partial charge on any atom is -0.341 e. The van der Waals surface area contributed by atoms with Gasteiger partial charge in [0.2, 0.25) is 15.9 Å². The number of nitrogens with one attached hydrogen (secondary N) is 1. The molecule has 3 N–H and O–H groups in total. The molecular formula is C17H31N3O3S. The number of carbonyl (C=O) groups is 1. The number of hydrogen-bond acceptors (Lipinski definition) is 4. The molecule has 24 heavy (non-hydrogen) atoms. The van der Waals surface area contributed by atoms with Crippen LogP contribution >= 0.6 is 0 Å². The van der Waals surface area contributed by atoms with Crippen molar-refractivity contribution in [1.29, 1.82) is 0 Å². The minimum atomic E-state index is -3.40. The van der Waals surface area contributed by atoms with Crippen LogP contribution in [-0.2, 0) is 14.8 Å². The van der Waals surface area contributed by atoms with Crippen LogP contribution in [0.5, 0.6) is 0 Å². The summed E-state index contributed by atoms with van der Waals surface area (Å²) in [5.74, 6) is 0.545. The molecule has 0 aromatic heterocycles. The van der Waals surface area contributed by atoms with Gasteiger partial charge in [-0.3, -0.25) is 4.79 Å². The molecule has 1 saturated heterocycles. The molecule has 7 heteroatoms. The normalized spacial score (nSPS) is 32.4. The van der Waals surface area contributed by atoms with Crippen LogP contribution in [0.25, 0.3) is 0 Å². The molecular weight excluding hydrogens is 326 g/mol. The molecule has 1 amide bonds. The first-order valence-corrected chi connectivity index (χ1v) is 11.1. The third-order valence-corrected chi connectivity index (χ3v) is 8.00. The number of sulfonamides is 1. The van der Waals surface area contributed by atoms with E-state index in [2.05, 4.69) is 4.72 Å². The summed E-state index contributed by atoms with van der Waals surface area (Å²) in [6.45, 7) is 1.59. The van der Waals surface area contributed by atoms with E-state index in [9.17, 15) is 13.2 Å². The van der Waals surface area contributed by atoms with Crippen molar-refractivity contribution in [1.82, 2.24) is 9.62 Å². The van der Waals surface area contributed by atoms with E-state index in [0.717, 1.165) is 51.4 Å². The summed E-state index contributed by atoms with van der Waals surface area (Å²) in [5.41, 5.74) is 5.77. The molecule has 2 aliphatic carbocycles. The van der Waals surface area contributed by atoms with Gasteiger partial charge in [0.05, 0.1) is 5.25 Å². The van der Waals surface area contributed by atoms with Crippen molar-refractivity contribution in [3.05, 3.63) is 0 Å². The zero-order chi connectivity index (χ0) is 17.2. The van der Waals surface area contributed by atoms with Crippen molar-refractivity contribution in [3.8, 4) is 0 Å². The van der Waals surface area contributed by atoms with Crippen LogP contribution in [0.2, 0.25) is 0 Å². The van der Waals surface area contributed by atoms with Crippen LogP contribution in [-0.4, -0.2) is 50.2 Å². The average Bonchev–Trinajstić information content (AvgIpc) is 3.25. The molecule has 0 bridgehead atoms. The smallest absolute Gasteiger partial charge is 0.225 e. The average molecular weight is 358 g/mol. The lowest BCUT2D eigenvalue weighted by Gasteiger charge is -2.35. The second-order valence-corrected chi connectivity index (χ2v) is 9.72. The molecule has 3 rings (SSSR count). The van der Waals surface area contributed by atoms with Crippen molar-refractivity contribution in [2.45, 2.75) is 69.1 Å². The first kappa shape index (κ1) is 18.1. The van der Waals surface area contributed by atoms with E-state index < -0.39 is 15.3 Å². The van der Waals surface area contributed by atoms with Gasteiger partial charge in [-0.2, -0.15) is 0 Å². The molecule has 0 radical (unpaired) electrons. The molecule has 3 aliphatic rings. The predicted molar refractivity (Wildman–Crippen MR) is 93.8 cm³/mol. The van der Waals surface area contributed by atoms with Crippen molar-refractivity contribution in [2.24, 2.45) is 17.6 Å². The molecule has 0 aromatic carbocycles. The summed E-state index contributed by atoms with van der Waals surface area (Å²) in [6, 6.07) is -0.0269. The van der Waals surface area contributed by atoms with Crippen molar-refractivity contribution in [3.63, 3.8) is 0 Å². The first-order chi connectivity index (χ1) is 11.5. The van der Waals surface area contributed by atoms with E-state index in [0.29, 0.717) is 26.1 Å². The molecule has 1 heterocycles. The summed E-state index contributed by atoms with van der Waals surface area (Å²) in [5, 5.41) is -0.476. The standard InChI is InChI=1S/C17H31N3O3S/c18-11-14-7-3-9-16(14)19-24(22,23)15-8-4-10-20(12-15)17(21)13-5-1-2-6-13/h13-16,19H,1-12,18H2. The molecule has 0 aromatic rings. The van der Waals surface area contributed by atoms with E-state index >= 15 is 0 Å². The largest absolute Gasteiger partial charge is 0.341 e. The molecule has 6 nitrogen and oxygen atoms in total. The maximum atomic E-state index is 12.8. The topological polar surface area (TPSA) is 92.5 Å². The zero-order valence-corrected chi connectivity index (χ0v) is 15.3. The number of likely N-dealkylation sites (tertiary alicyclic amines) is 1. The van der Waals surface area contributed by atoms with Crippen molar-refractivity contribution >= 4 is 15.9 Å². The number of nitrogens with two attached hydrogens (primary N) is 1. The Hall–Kier alpha value is -0.660. The molecule has 3 unspecified atom stereocenters. The molecule has 3 fully saturated rings. The number of nitrogens with zero attached hydrogens (tertiary/aromatic N) is 1. The summed E-state index contributed by atoms with van der Waals surface area (Å²) in [7, 11) is -3.40. The monoisotopic (exact) mass is 357 g/mol. The Kier molecular flexibility index (Phi) is 5.82. The lowest BCUT2D eigenvalue weighted by Crippen LogP contribution is -2.52. The maximum Gasteiger partial charge on any atom is 0.225 e. The molecule has 1 aliphatic heterocycles. The van der Waals surface area contributed by atoms with Crippen LogP contribution < -0.4 is 10.5 Å². The summed E-state index contributed by atoms with van der Waals surface area (Å²) >= 11 is 0. The minimum absolute atomic E-state index is 0.0269. The van der Waals surface area contributed by atoms with E-state index in [4.69, 9.17) is 5.73 Å². The number of hydrogen-bond donors (Lipinski definition) is 2. The van der Waals surface area contributed by atoms with Crippen LogP contribution in [0.4, 0.5) is 0 Å². The fourth-order valence-corrected chi connectivity index (χ4v) is 6.38. The quantitative estimate of drug-likeness (QED) is 0.774. The molecule has 0 spiro atoms. The van der Waals surface area contributed by atoms with Gasteiger partial charge >= 0.3 is 0 Å². The van der Waals surface area contributed by atoms with Gasteiger partial charge in [0, 0.05) is 25.0 Å². The molecule has 2 saturated carbocycles. The highest BCUT2D eigenvalue weighted by molar-refractivity contribution is 7.90. The van der Waals surface area contributed by atoms with Gasteiger partial charge in [0.1, 0.15) is 0 Å². The van der Waals surface area contributed by atoms with Gasteiger partial charge < -0.3 is 10.6 Å². The van der Waals surface area contributed by atoms with Crippen LogP contribution in [0.15, 0.2) is 0 Å². The van der Waals surface area contributed by atoms with Crippen molar-refractivity contribution < 1.29 is 13.2 Å². The summed E-state index contributed by atoms with van der Waals surface area (Å²) in [4.78, 5) is 14.4. The number of rotatable bonds is 5. The van der Waals surface area contributed by atoms with E-state index in [1.807, 2.05) is 0 Å². The van der Waals surface area contributed by atoms with Gasteiger partial charge in [0.15, 0.2) is 0 Å². The second-order valence-electron chi connectivity index (χ2n) is 7.73.